The van der Waals surface area contributed by atoms with Gasteiger partial charge in [-0.15, -0.1) is 0 Å². The van der Waals surface area contributed by atoms with Gasteiger partial charge in [-0.05, 0) is 43.7 Å². The van der Waals surface area contributed by atoms with Crippen LogP contribution in [0.5, 0.6) is 0 Å². The van der Waals surface area contributed by atoms with E-state index in [9.17, 15) is 0 Å². The molecule has 0 unspecified atom stereocenters. The van der Waals surface area contributed by atoms with Gasteiger partial charge in [-0.3, -0.25) is 14.6 Å². The van der Waals surface area contributed by atoms with Crippen molar-refractivity contribution in [3.63, 3.8) is 0 Å². The lowest BCUT2D eigenvalue weighted by molar-refractivity contribution is 0.255. The van der Waals surface area contributed by atoms with E-state index in [2.05, 4.69) is 61.7 Å². The Morgan fingerprint density at radius 3 is 2.64 bits per heavy atom. The van der Waals surface area contributed by atoms with Crippen molar-refractivity contribution in [1.29, 1.82) is 0 Å². The van der Waals surface area contributed by atoms with Crippen LogP contribution in [0.15, 0.2) is 41.5 Å². The summed E-state index contributed by atoms with van der Waals surface area (Å²) in [6.45, 7) is 9.37. The molecule has 7 nitrogen and oxygen atoms in total. The summed E-state index contributed by atoms with van der Waals surface area (Å²) >= 11 is 0. The molecule has 1 aliphatic heterocycles. The number of nitrogens with one attached hydrogen (secondary N) is 2. The maximum Gasteiger partial charge on any atom is 0.191 e. The molecule has 7 heteroatoms. The predicted molar refractivity (Wildman–Crippen MR) is 116 cm³/mol. The Bertz CT molecular complexity index is 760. The average molecular weight is 384 g/mol. The third-order valence-corrected chi connectivity index (χ3v) is 5.27. The number of rotatable bonds is 7. The van der Waals surface area contributed by atoms with Crippen LogP contribution in [0.3, 0.4) is 0 Å². The molecule has 2 N–H and O–H groups in total. The molecule has 0 aliphatic carbocycles. The Morgan fingerprint density at radius 1 is 1.14 bits per heavy atom. The topological polar surface area (TPSA) is 60.7 Å². The fourth-order valence-corrected chi connectivity index (χ4v) is 3.53. The predicted octanol–water partition coefficient (Wildman–Crippen LogP) is 1.61. The van der Waals surface area contributed by atoms with E-state index >= 15 is 0 Å². The minimum Gasteiger partial charge on any atom is -0.369 e. The number of aliphatic imine (C=N–C) groups is 1. The number of piperazine rings is 1. The first-order valence-corrected chi connectivity index (χ1v) is 10.1. The first-order valence-electron chi connectivity index (χ1n) is 10.1. The zero-order valence-electron chi connectivity index (χ0n) is 17.4. The summed E-state index contributed by atoms with van der Waals surface area (Å²) in [7, 11) is 3.76. The van der Waals surface area contributed by atoms with Crippen molar-refractivity contribution in [3.05, 3.63) is 47.8 Å². The number of hydrogen-bond acceptors (Lipinski definition) is 4. The number of hydrogen-bond donors (Lipinski definition) is 2. The van der Waals surface area contributed by atoms with Gasteiger partial charge in [-0.25, -0.2) is 0 Å². The van der Waals surface area contributed by atoms with E-state index in [-0.39, 0.29) is 0 Å². The van der Waals surface area contributed by atoms with Crippen LogP contribution in [0.25, 0.3) is 0 Å². The van der Waals surface area contributed by atoms with Crippen LogP contribution in [0.2, 0.25) is 0 Å². The summed E-state index contributed by atoms with van der Waals surface area (Å²) in [4.78, 5) is 9.34. The second-order valence-electron chi connectivity index (χ2n) is 7.32. The first-order chi connectivity index (χ1) is 13.7. The largest absolute Gasteiger partial charge is 0.369 e. The maximum atomic E-state index is 4.30. The van der Waals surface area contributed by atoms with Crippen LogP contribution in [-0.4, -0.2) is 67.0 Å². The molecule has 1 aromatic carbocycles. The van der Waals surface area contributed by atoms with Crippen molar-refractivity contribution < 1.29 is 0 Å². The molecule has 0 amide bonds. The lowest BCUT2D eigenvalue weighted by atomic mass is 10.2. The Kier molecular flexibility index (Phi) is 7.31. The number of benzene rings is 1. The Labute approximate surface area is 168 Å². The van der Waals surface area contributed by atoms with Crippen LogP contribution >= 0.6 is 0 Å². The molecule has 3 rings (SSSR count). The number of guanidine groups is 1. The first kappa shape index (κ1) is 20.2. The third-order valence-electron chi connectivity index (χ3n) is 5.27. The van der Waals surface area contributed by atoms with Crippen molar-refractivity contribution in [1.82, 2.24) is 25.3 Å². The second kappa shape index (κ2) is 10.1. The van der Waals surface area contributed by atoms with Crippen molar-refractivity contribution in [2.75, 3.05) is 51.2 Å². The Morgan fingerprint density at radius 2 is 1.96 bits per heavy atom. The Hall–Kier alpha value is -2.54. The van der Waals surface area contributed by atoms with E-state index in [0.717, 1.165) is 63.9 Å². The highest BCUT2D eigenvalue weighted by atomic mass is 15.3. The smallest absolute Gasteiger partial charge is 0.191 e. The van der Waals surface area contributed by atoms with Gasteiger partial charge in [0.15, 0.2) is 5.96 Å². The lowest BCUT2D eigenvalue weighted by Crippen LogP contribution is -2.47. The molecule has 2 heterocycles. The summed E-state index contributed by atoms with van der Waals surface area (Å²) in [6.07, 6.45) is 2.92. The molecular weight excluding hydrogens is 350 g/mol. The SMILES string of the molecule is CN=C(NCCCN1CCN(c2cccc(C)c2)CC1)NCc1ccnn1C. The molecule has 2 aromatic rings. The van der Waals surface area contributed by atoms with Gasteiger partial charge >= 0.3 is 0 Å². The van der Waals surface area contributed by atoms with Crippen LogP contribution < -0.4 is 15.5 Å². The zero-order chi connectivity index (χ0) is 19.8. The van der Waals surface area contributed by atoms with E-state index in [4.69, 9.17) is 0 Å². The number of aromatic nitrogens is 2. The van der Waals surface area contributed by atoms with Gasteiger partial charge in [0.2, 0.25) is 0 Å². The minimum atomic E-state index is 0.719. The minimum absolute atomic E-state index is 0.719. The van der Waals surface area contributed by atoms with E-state index in [1.807, 2.05) is 31.0 Å². The van der Waals surface area contributed by atoms with Gasteiger partial charge in [-0.1, -0.05) is 12.1 Å². The van der Waals surface area contributed by atoms with Gasteiger partial charge in [0, 0.05) is 58.7 Å². The molecular formula is C21H33N7. The fourth-order valence-electron chi connectivity index (χ4n) is 3.53. The van der Waals surface area contributed by atoms with Gasteiger partial charge in [0.25, 0.3) is 0 Å². The van der Waals surface area contributed by atoms with Gasteiger partial charge < -0.3 is 15.5 Å². The zero-order valence-corrected chi connectivity index (χ0v) is 17.4. The molecule has 152 valence electrons. The molecule has 0 atom stereocenters. The quantitative estimate of drug-likeness (QED) is 0.432. The summed E-state index contributed by atoms with van der Waals surface area (Å²) in [5, 5.41) is 10.9. The summed E-state index contributed by atoms with van der Waals surface area (Å²) in [5.74, 6) is 0.838. The van der Waals surface area contributed by atoms with Crippen molar-refractivity contribution >= 4 is 11.6 Å². The highest BCUT2D eigenvalue weighted by Gasteiger charge is 2.16. The van der Waals surface area contributed by atoms with E-state index in [0.29, 0.717) is 0 Å². The van der Waals surface area contributed by atoms with Crippen LogP contribution in [-0.2, 0) is 13.6 Å². The van der Waals surface area contributed by atoms with Crippen LogP contribution in [0.4, 0.5) is 5.69 Å². The second-order valence-corrected chi connectivity index (χ2v) is 7.32. The van der Waals surface area contributed by atoms with Crippen LogP contribution in [0.1, 0.15) is 17.7 Å². The molecule has 0 radical (unpaired) electrons. The van der Waals surface area contributed by atoms with E-state index in [1.165, 1.54) is 11.3 Å². The van der Waals surface area contributed by atoms with Gasteiger partial charge in [0.05, 0.1) is 12.2 Å². The lowest BCUT2D eigenvalue weighted by Gasteiger charge is -2.36. The van der Waals surface area contributed by atoms with E-state index in [1.54, 1.807) is 0 Å². The van der Waals surface area contributed by atoms with Gasteiger partial charge in [0.1, 0.15) is 0 Å². The summed E-state index contributed by atoms with van der Waals surface area (Å²) < 4.78 is 1.87. The molecule has 1 saturated heterocycles. The normalized spacial score (nSPS) is 15.7. The monoisotopic (exact) mass is 383 g/mol. The Balaban J connectivity index is 1.31. The van der Waals surface area contributed by atoms with Crippen molar-refractivity contribution in [2.45, 2.75) is 19.9 Å². The third kappa shape index (κ3) is 5.73. The molecule has 1 fully saturated rings. The molecule has 1 aliphatic rings. The average Bonchev–Trinajstić information content (AvgIpc) is 3.13. The van der Waals surface area contributed by atoms with Crippen LogP contribution in [0, 0.1) is 6.92 Å². The van der Waals surface area contributed by atoms with Crippen molar-refractivity contribution in [3.8, 4) is 0 Å². The molecule has 1 aromatic heterocycles. The standard InChI is InChI=1S/C21H33N7/c1-18-6-4-7-19(16-18)28-14-12-27(13-15-28)11-5-9-23-21(22-2)24-17-20-8-10-25-26(20)3/h4,6-8,10,16H,5,9,11-15,17H2,1-3H3,(H2,22,23,24). The molecule has 0 saturated carbocycles. The summed E-state index contributed by atoms with van der Waals surface area (Å²) in [6, 6.07) is 10.8. The molecule has 0 spiro atoms. The number of aryl methyl sites for hydroxylation is 2. The highest BCUT2D eigenvalue weighted by molar-refractivity contribution is 5.79. The summed E-state index contributed by atoms with van der Waals surface area (Å²) in [5.41, 5.74) is 3.82. The van der Waals surface area contributed by atoms with Crippen molar-refractivity contribution in [2.24, 2.45) is 12.0 Å². The molecule has 28 heavy (non-hydrogen) atoms. The maximum absolute atomic E-state index is 4.30. The number of nitrogens with zero attached hydrogens (tertiary/aromatic N) is 5. The molecule has 0 bridgehead atoms. The number of anilines is 1. The van der Waals surface area contributed by atoms with E-state index < -0.39 is 0 Å². The highest BCUT2D eigenvalue weighted by Crippen LogP contribution is 2.17. The van der Waals surface area contributed by atoms with Gasteiger partial charge in [-0.2, -0.15) is 5.10 Å². The fraction of sp³-hybridized carbons (Fsp3) is 0.524.